The Bertz CT molecular complexity index is 740. The normalized spacial score (nSPS) is 10.6. The molecule has 0 bridgehead atoms. The topological polar surface area (TPSA) is 50.9 Å². The molecule has 3 rings (SSSR count). The van der Waals surface area contributed by atoms with Crippen LogP contribution in [0, 0.1) is 0 Å². The van der Waals surface area contributed by atoms with Gasteiger partial charge in [-0.3, -0.25) is 4.98 Å². The first-order valence-electron chi connectivity index (χ1n) is 5.89. The minimum absolute atomic E-state index is 0.761. The number of rotatable bonds is 2. The van der Waals surface area contributed by atoms with E-state index in [4.69, 9.17) is 5.73 Å². The number of nitrogens with two attached hydrogens (primary N) is 1. The predicted molar refractivity (Wildman–Crippen MR) is 83.6 cm³/mol. The third-order valence-corrected chi connectivity index (χ3v) is 3.45. The maximum absolute atomic E-state index is 5.98. The van der Waals surface area contributed by atoms with E-state index in [0.29, 0.717) is 0 Å². The molecule has 1 heterocycles. The molecule has 0 aliphatic heterocycles. The molecule has 0 fully saturated rings. The molecule has 0 atom stereocenters. The van der Waals surface area contributed by atoms with Gasteiger partial charge in [0.15, 0.2) is 0 Å². The molecule has 0 amide bonds. The van der Waals surface area contributed by atoms with Crippen LogP contribution in [-0.2, 0) is 0 Å². The molecule has 3 N–H and O–H groups in total. The van der Waals surface area contributed by atoms with E-state index in [2.05, 4.69) is 26.2 Å². The van der Waals surface area contributed by atoms with Gasteiger partial charge in [-0.2, -0.15) is 0 Å². The van der Waals surface area contributed by atoms with E-state index in [1.165, 1.54) is 0 Å². The van der Waals surface area contributed by atoms with Crippen molar-refractivity contribution >= 4 is 43.8 Å². The summed E-state index contributed by atoms with van der Waals surface area (Å²) < 4.78 is 1.04. The molecule has 0 spiro atoms. The largest absolute Gasteiger partial charge is 0.398 e. The first kappa shape index (κ1) is 12.0. The zero-order valence-electron chi connectivity index (χ0n) is 10.1. The minimum Gasteiger partial charge on any atom is -0.398 e. The molecule has 94 valence electrons. The number of halogens is 1. The van der Waals surface area contributed by atoms with Crippen LogP contribution in [0.3, 0.4) is 0 Å². The van der Waals surface area contributed by atoms with Gasteiger partial charge in [-0.05, 0) is 36.4 Å². The molecule has 0 aliphatic carbocycles. The summed E-state index contributed by atoms with van der Waals surface area (Å²) in [6, 6.07) is 13.8. The van der Waals surface area contributed by atoms with Crippen molar-refractivity contribution < 1.29 is 0 Å². The van der Waals surface area contributed by atoms with Crippen molar-refractivity contribution in [3.05, 3.63) is 59.3 Å². The SMILES string of the molecule is Nc1ccc(Nc2cccc(Br)c2)c2cnccc12. The van der Waals surface area contributed by atoms with E-state index in [1.807, 2.05) is 48.7 Å². The van der Waals surface area contributed by atoms with Crippen LogP contribution in [0.15, 0.2) is 59.3 Å². The summed E-state index contributed by atoms with van der Waals surface area (Å²) in [6.45, 7) is 0. The number of aromatic nitrogens is 1. The van der Waals surface area contributed by atoms with Crippen LogP contribution >= 0.6 is 15.9 Å². The monoisotopic (exact) mass is 313 g/mol. The first-order valence-corrected chi connectivity index (χ1v) is 6.68. The highest BCUT2D eigenvalue weighted by atomic mass is 79.9. The highest BCUT2D eigenvalue weighted by molar-refractivity contribution is 9.10. The lowest BCUT2D eigenvalue weighted by Gasteiger charge is -2.11. The van der Waals surface area contributed by atoms with Gasteiger partial charge in [0.1, 0.15) is 0 Å². The zero-order valence-corrected chi connectivity index (χ0v) is 11.7. The fourth-order valence-electron chi connectivity index (χ4n) is 2.04. The number of pyridine rings is 1. The molecule has 0 saturated carbocycles. The minimum atomic E-state index is 0.761. The van der Waals surface area contributed by atoms with Crippen LogP contribution in [0.25, 0.3) is 10.8 Å². The summed E-state index contributed by atoms with van der Waals surface area (Å²) >= 11 is 3.46. The van der Waals surface area contributed by atoms with Gasteiger partial charge in [-0.15, -0.1) is 0 Å². The Morgan fingerprint density at radius 3 is 2.79 bits per heavy atom. The van der Waals surface area contributed by atoms with Crippen molar-refractivity contribution in [2.45, 2.75) is 0 Å². The van der Waals surface area contributed by atoms with Crippen LogP contribution in [0.5, 0.6) is 0 Å². The zero-order chi connectivity index (χ0) is 13.2. The summed E-state index contributed by atoms with van der Waals surface area (Å²) in [5, 5.41) is 5.41. The Morgan fingerprint density at radius 2 is 1.95 bits per heavy atom. The quantitative estimate of drug-likeness (QED) is 0.693. The molecule has 3 nitrogen and oxygen atoms in total. The number of hydrogen-bond acceptors (Lipinski definition) is 3. The summed E-state index contributed by atoms with van der Waals surface area (Å²) in [6.07, 6.45) is 3.58. The van der Waals surface area contributed by atoms with E-state index in [1.54, 1.807) is 6.20 Å². The van der Waals surface area contributed by atoms with Crippen molar-refractivity contribution in [2.75, 3.05) is 11.1 Å². The maximum Gasteiger partial charge on any atom is 0.0481 e. The highest BCUT2D eigenvalue weighted by Crippen LogP contribution is 2.30. The lowest BCUT2D eigenvalue weighted by Crippen LogP contribution is -1.94. The van der Waals surface area contributed by atoms with Crippen LogP contribution < -0.4 is 11.1 Å². The molecule has 3 aromatic rings. The molecule has 1 aromatic heterocycles. The molecule has 19 heavy (non-hydrogen) atoms. The van der Waals surface area contributed by atoms with E-state index in [0.717, 1.165) is 32.3 Å². The summed E-state index contributed by atoms with van der Waals surface area (Å²) in [4.78, 5) is 4.17. The number of benzene rings is 2. The summed E-state index contributed by atoms with van der Waals surface area (Å²) in [7, 11) is 0. The molecular weight excluding hydrogens is 302 g/mol. The smallest absolute Gasteiger partial charge is 0.0481 e. The van der Waals surface area contributed by atoms with Crippen LogP contribution in [0.4, 0.5) is 17.1 Å². The highest BCUT2D eigenvalue weighted by Gasteiger charge is 2.04. The van der Waals surface area contributed by atoms with Crippen LogP contribution in [0.1, 0.15) is 0 Å². The standard InChI is InChI=1S/C15H12BrN3/c16-10-2-1-3-11(8-10)19-15-5-4-14(17)12-6-7-18-9-13(12)15/h1-9,19H,17H2. The predicted octanol–water partition coefficient (Wildman–Crippen LogP) is 4.32. The van der Waals surface area contributed by atoms with E-state index < -0.39 is 0 Å². The van der Waals surface area contributed by atoms with Gasteiger partial charge in [0.25, 0.3) is 0 Å². The van der Waals surface area contributed by atoms with Gasteiger partial charge < -0.3 is 11.1 Å². The number of fused-ring (bicyclic) bond motifs is 1. The fraction of sp³-hybridized carbons (Fsp3) is 0. The van der Waals surface area contributed by atoms with Crippen molar-refractivity contribution in [1.82, 2.24) is 4.98 Å². The van der Waals surface area contributed by atoms with Gasteiger partial charge in [0.05, 0.1) is 0 Å². The first-order chi connectivity index (χ1) is 9.24. The molecule has 0 unspecified atom stereocenters. The number of nitrogens with zero attached hydrogens (tertiary/aromatic N) is 1. The van der Waals surface area contributed by atoms with Gasteiger partial charge in [0, 0.05) is 44.7 Å². The summed E-state index contributed by atoms with van der Waals surface area (Å²) in [5.74, 6) is 0. The Labute approximate surface area is 119 Å². The van der Waals surface area contributed by atoms with Crippen molar-refractivity contribution in [2.24, 2.45) is 0 Å². The van der Waals surface area contributed by atoms with E-state index in [-0.39, 0.29) is 0 Å². The van der Waals surface area contributed by atoms with Crippen molar-refractivity contribution in [3.63, 3.8) is 0 Å². The van der Waals surface area contributed by atoms with Gasteiger partial charge >= 0.3 is 0 Å². The van der Waals surface area contributed by atoms with Crippen LogP contribution in [-0.4, -0.2) is 4.98 Å². The molecule has 2 aromatic carbocycles. The van der Waals surface area contributed by atoms with Crippen molar-refractivity contribution in [1.29, 1.82) is 0 Å². The lowest BCUT2D eigenvalue weighted by molar-refractivity contribution is 1.36. The van der Waals surface area contributed by atoms with E-state index >= 15 is 0 Å². The number of hydrogen-bond donors (Lipinski definition) is 2. The second kappa shape index (κ2) is 4.90. The van der Waals surface area contributed by atoms with Gasteiger partial charge in [-0.25, -0.2) is 0 Å². The third kappa shape index (κ3) is 2.39. The van der Waals surface area contributed by atoms with Crippen molar-refractivity contribution in [3.8, 4) is 0 Å². The second-order valence-corrected chi connectivity index (χ2v) is 5.17. The molecule has 0 saturated heterocycles. The Hall–Kier alpha value is -2.07. The maximum atomic E-state index is 5.98. The molecule has 0 radical (unpaired) electrons. The Kier molecular flexibility index (Phi) is 3.09. The third-order valence-electron chi connectivity index (χ3n) is 2.96. The van der Waals surface area contributed by atoms with Gasteiger partial charge in [0.2, 0.25) is 0 Å². The number of anilines is 3. The Balaban J connectivity index is 2.09. The Morgan fingerprint density at radius 1 is 1.05 bits per heavy atom. The molecular formula is C15H12BrN3. The van der Waals surface area contributed by atoms with E-state index in [9.17, 15) is 0 Å². The fourth-order valence-corrected chi connectivity index (χ4v) is 2.44. The molecule has 0 aliphatic rings. The van der Waals surface area contributed by atoms with Gasteiger partial charge in [-0.1, -0.05) is 22.0 Å². The lowest BCUT2D eigenvalue weighted by atomic mass is 10.1. The average molecular weight is 314 g/mol. The number of nitrogens with one attached hydrogen (secondary N) is 1. The summed E-state index contributed by atoms with van der Waals surface area (Å²) in [5.41, 5.74) is 8.75. The van der Waals surface area contributed by atoms with Crippen LogP contribution in [0.2, 0.25) is 0 Å². The second-order valence-electron chi connectivity index (χ2n) is 4.26. The number of nitrogen functional groups attached to an aromatic ring is 1. The average Bonchev–Trinajstić information content (AvgIpc) is 2.42. The molecule has 4 heteroatoms.